The predicted molar refractivity (Wildman–Crippen MR) is 186 cm³/mol. The van der Waals surface area contributed by atoms with Crippen molar-refractivity contribution >= 4 is 39.5 Å². The minimum Gasteiger partial charge on any atom is -0.480 e. The Bertz CT molecular complexity index is 1530. The number of Topliss-reactive ketones (excluding diaryl/α,β-unsaturated/α-hetero) is 1. The van der Waals surface area contributed by atoms with Gasteiger partial charge in [-0.25, -0.2) is 13.2 Å². The zero-order valence-corrected chi connectivity index (χ0v) is 28.8. The van der Waals surface area contributed by atoms with Crippen molar-refractivity contribution in [3.8, 4) is 0 Å². The standard InChI is InChI=1S/C34H49N7O7S/c1-37-19-7-3-6-14-31(43)39-27(12-8-20-38-34(35)36)30(42)23-25-17-15-24(16-18-25)22-28(33(45)46)40-32(44)29-13-9-21-41(29)49(47,48)26-10-4-2-5-11-26/h2,4-5,10-11,15-18,27-29,37H,3,6-9,12-14,19-23H2,1H3,(H,39,43)(H,40,44)(H,45,46)(H4,35,36,38)/t27-,28+,29?/m1/s1. The van der Waals surface area contributed by atoms with Gasteiger partial charge < -0.3 is 32.5 Å². The van der Waals surface area contributed by atoms with Gasteiger partial charge in [0.2, 0.25) is 21.8 Å². The molecular formula is C34H49N7O7S. The summed E-state index contributed by atoms with van der Waals surface area (Å²) in [6, 6.07) is 11.6. The summed E-state index contributed by atoms with van der Waals surface area (Å²) in [6.07, 6.45) is 4.49. The van der Waals surface area contributed by atoms with E-state index in [9.17, 15) is 32.7 Å². The van der Waals surface area contributed by atoms with Crippen LogP contribution in [0, 0.1) is 0 Å². The van der Waals surface area contributed by atoms with Gasteiger partial charge in [-0.05, 0) is 75.4 Å². The monoisotopic (exact) mass is 699 g/mol. The number of aliphatic imine (C=N–C) groups is 1. The lowest BCUT2D eigenvalue weighted by molar-refractivity contribution is -0.142. The Labute approximate surface area is 288 Å². The topological polar surface area (TPSA) is 226 Å². The van der Waals surface area contributed by atoms with Crippen LogP contribution in [0.25, 0.3) is 0 Å². The van der Waals surface area contributed by atoms with Crippen LogP contribution < -0.4 is 27.4 Å². The third-order valence-corrected chi connectivity index (χ3v) is 10.2. The van der Waals surface area contributed by atoms with Crippen molar-refractivity contribution in [3.05, 3.63) is 65.7 Å². The molecule has 1 fully saturated rings. The van der Waals surface area contributed by atoms with E-state index in [1.165, 1.54) is 12.1 Å². The average molecular weight is 700 g/mol. The molecule has 8 N–H and O–H groups in total. The summed E-state index contributed by atoms with van der Waals surface area (Å²) in [4.78, 5) is 55.3. The zero-order valence-electron chi connectivity index (χ0n) is 28.0. The number of nitrogens with one attached hydrogen (secondary N) is 3. The first-order chi connectivity index (χ1) is 23.4. The maximum Gasteiger partial charge on any atom is 0.326 e. The molecule has 2 amide bonds. The van der Waals surface area contributed by atoms with Crippen LogP contribution >= 0.6 is 0 Å². The van der Waals surface area contributed by atoms with Gasteiger partial charge in [-0.3, -0.25) is 19.4 Å². The summed E-state index contributed by atoms with van der Waals surface area (Å²) in [6.45, 7) is 1.35. The molecule has 0 spiro atoms. The number of carboxylic acids is 1. The third kappa shape index (κ3) is 12.6. The number of amides is 2. The number of nitrogens with two attached hydrogens (primary N) is 2. The number of unbranched alkanes of at least 4 members (excludes halogenated alkanes) is 2. The van der Waals surface area contributed by atoms with Gasteiger partial charge in [-0.15, -0.1) is 0 Å². The molecule has 0 saturated carbocycles. The molecule has 268 valence electrons. The van der Waals surface area contributed by atoms with Crippen molar-refractivity contribution < 1.29 is 32.7 Å². The highest BCUT2D eigenvalue weighted by Gasteiger charge is 2.40. The molecule has 0 bridgehead atoms. The van der Waals surface area contributed by atoms with Gasteiger partial charge in [-0.2, -0.15) is 4.31 Å². The second-order valence-corrected chi connectivity index (χ2v) is 14.0. The first-order valence-corrected chi connectivity index (χ1v) is 18.1. The van der Waals surface area contributed by atoms with Gasteiger partial charge >= 0.3 is 5.97 Å². The lowest BCUT2D eigenvalue weighted by atomic mass is 9.97. The first-order valence-electron chi connectivity index (χ1n) is 16.6. The van der Waals surface area contributed by atoms with Crippen molar-refractivity contribution in [1.29, 1.82) is 0 Å². The van der Waals surface area contributed by atoms with Crippen LogP contribution in [0.4, 0.5) is 0 Å². The average Bonchev–Trinajstić information content (AvgIpc) is 3.58. The number of hydrogen-bond donors (Lipinski definition) is 6. The highest BCUT2D eigenvalue weighted by atomic mass is 32.2. The molecule has 14 nitrogen and oxygen atoms in total. The Morgan fingerprint density at radius 2 is 1.63 bits per heavy atom. The summed E-state index contributed by atoms with van der Waals surface area (Å²) < 4.78 is 27.5. The number of carbonyl (C=O) groups excluding carboxylic acids is 3. The van der Waals surface area contributed by atoms with Crippen molar-refractivity contribution in [2.75, 3.05) is 26.7 Å². The molecule has 15 heteroatoms. The van der Waals surface area contributed by atoms with Gasteiger partial charge in [-0.1, -0.05) is 48.9 Å². The van der Waals surface area contributed by atoms with E-state index in [2.05, 4.69) is 20.9 Å². The Hall–Kier alpha value is -4.34. The lowest BCUT2D eigenvalue weighted by Crippen LogP contribution is -2.51. The highest BCUT2D eigenvalue weighted by molar-refractivity contribution is 7.89. The lowest BCUT2D eigenvalue weighted by Gasteiger charge is -2.25. The molecule has 1 aliphatic rings. The molecular weight excluding hydrogens is 650 g/mol. The summed E-state index contributed by atoms with van der Waals surface area (Å²) >= 11 is 0. The number of sulfonamides is 1. The minimum atomic E-state index is -3.94. The van der Waals surface area contributed by atoms with Crippen LogP contribution in [0.3, 0.4) is 0 Å². The number of carbonyl (C=O) groups is 4. The van der Waals surface area contributed by atoms with E-state index in [0.717, 1.165) is 23.7 Å². The maximum atomic E-state index is 13.3. The zero-order chi connectivity index (χ0) is 35.8. The van der Waals surface area contributed by atoms with E-state index in [0.29, 0.717) is 49.8 Å². The van der Waals surface area contributed by atoms with E-state index >= 15 is 0 Å². The van der Waals surface area contributed by atoms with Crippen LogP contribution in [-0.4, -0.2) is 92.2 Å². The minimum absolute atomic E-state index is 0.0438. The number of hydrogen-bond acceptors (Lipinski definition) is 8. The number of nitrogens with zero attached hydrogens (tertiary/aromatic N) is 2. The van der Waals surface area contributed by atoms with Gasteiger partial charge in [0, 0.05) is 32.4 Å². The Kier molecular flexibility index (Phi) is 15.6. The summed E-state index contributed by atoms with van der Waals surface area (Å²) in [5, 5.41) is 18.4. The number of benzene rings is 2. The molecule has 0 aliphatic carbocycles. The van der Waals surface area contributed by atoms with Crippen LogP contribution in [-0.2, 0) is 42.0 Å². The van der Waals surface area contributed by atoms with E-state index < -0.39 is 40.0 Å². The van der Waals surface area contributed by atoms with E-state index in [1.807, 2.05) is 7.05 Å². The fourth-order valence-electron chi connectivity index (χ4n) is 5.69. The van der Waals surface area contributed by atoms with Crippen molar-refractivity contribution in [1.82, 2.24) is 20.3 Å². The Morgan fingerprint density at radius 3 is 2.29 bits per heavy atom. The highest BCUT2D eigenvalue weighted by Crippen LogP contribution is 2.26. The molecule has 3 atom stereocenters. The normalized spacial score (nSPS) is 16.0. The van der Waals surface area contributed by atoms with Gasteiger partial charge in [0.15, 0.2) is 11.7 Å². The van der Waals surface area contributed by atoms with Crippen molar-refractivity contribution in [2.45, 2.75) is 87.2 Å². The Morgan fingerprint density at radius 1 is 0.939 bits per heavy atom. The number of aliphatic carboxylic acids is 1. The van der Waals surface area contributed by atoms with Crippen molar-refractivity contribution in [2.24, 2.45) is 16.5 Å². The molecule has 0 radical (unpaired) electrons. The Balaban J connectivity index is 1.61. The van der Waals surface area contributed by atoms with Gasteiger partial charge in [0.25, 0.3) is 0 Å². The SMILES string of the molecule is CNCCCCCC(=O)N[C@H](CCCN=C(N)N)C(=O)Cc1ccc(C[C@H](NC(=O)C2CCCN2S(=O)(=O)c2ccccc2)C(=O)O)cc1. The third-order valence-electron chi connectivity index (χ3n) is 8.31. The van der Waals surface area contributed by atoms with E-state index in [4.69, 9.17) is 11.5 Å². The fraction of sp³-hybridized carbons (Fsp3) is 0.500. The van der Waals surface area contributed by atoms with Gasteiger partial charge in [0.05, 0.1) is 10.9 Å². The fourth-order valence-corrected chi connectivity index (χ4v) is 7.36. The van der Waals surface area contributed by atoms with E-state index in [1.54, 1.807) is 42.5 Å². The van der Waals surface area contributed by atoms with Crippen LogP contribution in [0.15, 0.2) is 64.5 Å². The van der Waals surface area contributed by atoms with Crippen LogP contribution in [0.5, 0.6) is 0 Å². The smallest absolute Gasteiger partial charge is 0.326 e. The predicted octanol–water partition coefficient (Wildman–Crippen LogP) is 1.08. The number of carboxylic acid groups (broad SMARTS) is 1. The molecule has 2 aromatic carbocycles. The quantitative estimate of drug-likeness (QED) is 0.0618. The summed E-state index contributed by atoms with van der Waals surface area (Å²) in [7, 11) is -2.06. The number of rotatable bonds is 21. The maximum absolute atomic E-state index is 13.3. The van der Waals surface area contributed by atoms with Crippen LogP contribution in [0.1, 0.15) is 62.5 Å². The van der Waals surface area contributed by atoms with Crippen molar-refractivity contribution in [3.63, 3.8) is 0 Å². The van der Waals surface area contributed by atoms with Gasteiger partial charge in [0.1, 0.15) is 12.1 Å². The van der Waals surface area contributed by atoms with E-state index in [-0.39, 0.29) is 48.4 Å². The second kappa shape index (κ2) is 19.6. The molecule has 1 aliphatic heterocycles. The summed E-state index contributed by atoms with van der Waals surface area (Å²) in [5.74, 6) is -2.35. The molecule has 0 aromatic heterocycles. The molecule has 1 unspecified atom stereocenters. The number of ketones is 1. The largest absolute Gasteiger partial charge is 0.480 e. The van der Waals surface area contributed by atoms with Crippen LogP contribution in [0.2, 0.25) is 0 Å². The number of guanidine groups is 1. The summed E-state index contributed by atoms with van der Waals surface area (Å²) in [5.41, 5.74) is 12.1. The first kappa shape index (κ1) is 39.1. The molecule has 49 heavy (non-hydrogen) atoms. The second-order valence-electron chi connectivity index (χ2n) is 12.1. The molecule has 2 aromatic rings. The molecule has 1 heterocycles. The molecule has 1 saturated heterocycles. The molecule has 3 rings (SSSR count).